The van der Waals surface area contributed by atoms with Crippen LogP contribution in [0, 0.1) is 0 Å². The molecule has 0 bridgehead atoms. The fraction of sp³-hybridized carbons (Fsp3) is 0.208. The Balaban J connectivity index is 0.000000245. The zero-order chi connectivity index (χ0) is 22.5. The molecule has 2 aromatic carbocycles. The number of Topliss-reactive ketones (excluding diaryl/α,β-unsaturated/α-hetero) is 2. The number of halogens is 1. The van der Waals surface area contributed by atoms with Crippen LogP contribution in [0.25, 0.3) is 0 Å². The van der Waals surface area contributed by atoms with Gasteiger partial charge in [0.1, 0.15) is 29.1 Å². The average molecular weight is 474 g/mol. The van der Waals surface area contributed by atoms with E-state index >= 15 is 0 Å². The molecule has 31 heavy (non-hydrogen) atoms. The van der Waals surface area contributed by atoms with Crippen molar-refractivity contribution in [1.29, 1.82) is 0 Å². The molecule has 0 amide bonds. The summed E-state index contributed by atoms with van der Waals surface area (Å²) in [5.74, 6) is 1.47. The Kier molecular flexibility index (Phi) is 11.2. The lowest BCUT2D eigenvalue weighted by Crippen LogP contribution is -2.06. The van der Waals surface area contributed by atoms with Gasteiger partial charge in [-0.15, -0.1) is 0 Å². The fourth-order valence-electron chi connectivity index (χ4n) is 2.59. The summed E-state index contributed by atoms with van der Waals surface area (Å²) in [7, 11) is 0. The van der Waals surface area contributed by atoms with Crippen molar-refractivity contribution in [3.05, 3.63) is 94.8 Å². The van der Waals surface area contributed by atoms with Crippen LogP contribution in [-0.2, 0) is 29.0 Å². The normalized spacial score (nSPS) is 10.0. The number of hydrogen-bond acceptors (Lipinski definition) is 6. The number of aromatic nitrogens is 1. The number of carbonyl (C=O) groups excluding carboxylic acids is 2. The molecule has 1 aromatic heterocycles. The number of para-hydroxylation sites is 1. The number of pyridine rings is 1. The molecular weight excluding hydrogens is 450 g/mol. The lowest BCUT2D eigenvalue weighted by molar-refractivity contribution is -0.116. The summed E-state index contributed by atoms with van der Waals surface area (Å²) in [5.41, 5.74) is 2.90. The molecule has 162 valence electrons. The Morgan fingerprint density at radius 1 is 0.806 bits per heavy atom. The van der Waals surface area contributed by atoms with E-state index in [9.17, 15) is 9.59 Å². The minimum atomic E-state index is 0.0856. The second kappa shape index (κ2) is 13.9. The Hall–Kier alpha value is -2.28. The van der Waals surface area contributed by atoms with Crippen LogP contribution in [0.4, 0.5) is 0 Å². The number of rotatable bonds is 9. The Morgan fingerprint density at radius 2 is 1.45 bits per heavy atom. The van der Waals surface area contributed by atoms with Crippen LogP contribution in [0.2, 0.25) is 5.15 Å². The lowest BCUT2D eigenvalue weighted by Gasteiger charge is -2.10. The van der Waals surface area contributed by atoms with Crippen LogP contribution in [0.1, 0.15) is 16.7 Å². The minimum absolute atomic E-state index is 0.0856. The van der Waals surface area contributed by atoms with Gasteiger partial charge in [0, 0.05) is 36.1 Å². The quantitative estimate of drug-likeness (QED) is 0.336. The number of ether oxygens (including phenoxy) is 1. The number of carbonyl (C=O) groups is 2. The molecule has 0 spiro atoms. The zero-order valence-electron chi connectivity index (χ0n) is 16.9. The topological polar surface area (TPSA) is 56.3 Å². The number of nitrogens with zero attached hydrogens (tertiary/aromatic N) is 1. The van der Waals surface area contributed by atoms with E-state index in [2.05, 4.69) is 30.2 Å². The van der Waals surface area contributed by atoms with E-state index in [-0.39, 0.29) is 23.1 Å². The summed E-state index contributed by atoms with van der Waals surface area (Å²) in [6.45, 7) is 0.507. The monoisotopic (exact) mass is 473 g/mol. The van der Waals surface area contributed by atoms with Gasteiger partial charge in [0.05, 0.1) is 0 Å². The molecule has 0 saturated heterocycles. The highest BCUT2D eigenvalue weighted by Crippen LogP contribution is 2.20. The van der Waals surface area contributed by atoms with Gasteiger partial charge in [0.15, 0.2) is 0 Å². The van der Waals surface area contributed by atoms with Gasteiger partial charge in [0.25, 0.3) is 0 Å². The van der Waals surface area contributed by atoms with Crippen molar-refractivity contribution in [2.24, 2.45) is 0 Å². The summed E-state index contributed by atoms with van der Waals surface area (Å²) >= 11 is 13.4. The first-order chi connectivity index (χ1) is 15.0. The van der Waals surface area contributed by atoms with Crippen LogP contribution in [0.5, 0.6) is 5.75 Å². The molecule has 0 atom stereocenters. The van der Waals surface area contributed by atoms with Gasteiger partial charge < -0.3 is 4.74 Å². The Labute approximate surface area is 198 Å². The first kappa shape index (κ1) is 25.0. The van der Waals surface area contributed by atoms with Gasteiger partial charge >= 0.3 is 0 Å². The third-order valence-corrected chi connectivity index (χ3v) is 5.07. The molecule has 0 N–H and O–H groups in total. The molecule has 0 fully saturated rings. The Bertz CT molecular complexity index is 966. The van der Waals surface area contributed by atoms with E-state index in [1.165, 1.54) is 0 Å². The van der Waals surface area contributed by atoms with Crippen molar-refractivity contribution in [2.75, 3.05) is 11.5 Å². The highest BCUT2D eigenvalue weighted by atomic mass is 35.5. The van der Waals surface area contributed by atoms with Gasteiger partial charge in [-0.3, -0.25) is 9.59 Å². The second-order valence-corrected chi connectivity index (χ2v) is 7.64. The van der Waals surface area contributed by atoms with E-state index in [4.69, 9.17) is 16.3 Å². The average Bonchev–Trinajstić information content (AvgIpc) is 2.81. The van der Waals surface area contributed by atoms with Crippen molar-refractivity contribution in [3.8, 4) is 5.75 Å². The van der Waals surface area contributed by atoms with Crippen molar-refractivity contribution in [3.63, 3.8) is 0 Å². The Morgan fingerprint density at radius 3 is 2.10 bits per heavy atom. The molecule has 1 heterocycles. The van der Waals surface area contributed by atoms with E-state index in [1.54, 1.807) is 18.3 Å². The number of hydrogen-bond donors (Lipinski definition) is 2. The van der Waals surface area contributed by atoms with Crippen LogP contribution in [-0.4, -0.2) is 28.1 Å². The molecule has 0 aliphatic heterocycles. The maximum Gasteiger partial charge on any atom is 0.146 e. The molecule has 0 unspecified atom stereocenters. The van der Waals surface area contributed by atoms with Crippen molar-refractivity contribution in [2.45, 2.75) is 19.4 Å². The summed E-state index contributed by atoms with van der Waals surface area (Å²) < 4.78 is 5.79. The summed E-state index contributed by atoms with van der Waals surface area (Å²) in [4.78, 5) is 26.3. The first-order valence-electron chi connectivity index (χ1n) is 9.62. The van der Waals surface area contributed by atoms with Gasteiger partial charge in [-0.1, -0.05) is 66.2 Å². The van der Waals surface area contributed by atoms with Crippen LogP contribution in [0.15, 0.2) is 72.9 Å². The van der Waals surface area contributed by atoms with Crippen molar-refractivity contribution < 1.29 is 14.3 Å². The summed E-state index contributed by atoms with van der Waals surface area (Å²) in [5, 5.41) is 0.442. The van der Waals surface area contributed by atoms with Gasteiger partial charge in [-0.25, -0.2) is 4.98 Å². The summed E-state index contributed by atoms with van der Waals surface area (Å²) in [6.07, 6.45) is 2.35. The zero-order valence-corrected chi connectivity index (χ0v) is 19.5. The molecule has 3 rings (SSSR count). The largest absolute Gasteiger partial charge is 0.489 e. The van der Waals surface area contributed by atoms with E-state index in [1.807, 2.05) is 54.6 Å². The van der Waals surface area contributed by atoms with Crippen molar-refractivity contribution in [1.82, 2.24) is 4.98 Å². The highest BCUT2D eigenvalue weighted by Gasteiger charge is 2.07. The third-order valence-electron chi connectivity index (χ3n) is 4.14. The molecule has 4 nitrogen and oxygen atoms in total. The third kappa shape index (κ3) is 9.59. The van der Waals surface area contributed by atoms with Gasteiger partial charge in [0.2, 0.25) is 0 Å². The molecule has 3 aromatic rings. The molecule has 7 heteroatoms. The minimum Gasteiger partial charge on any atom is -0.489 e. The maximum absolute atomic E-state index is 11.5. The van der Waals surface area contributed by atoms with E-state index < -0.39 is 0 Å². The standard InChI is InChI=1S/C16H16O2S.C8H8ClNOS/c17-15(12-19)10-14-8-4-5-9-16(14)18-11-13-6-2-1-3-7-13;9-8-2-1-6(4-10-8)3-7(11)5-12/h1-9,19H,10-12H2;1-2,4,12H,3,5H2. The first-order valence-corrected chi connectivity index (χ1v) is 11.3. The SMILES string of the molecule is O=C(CS)Cc1ccc(Cl)nc1.O=C(CS)Cc1ccccc1OCc1ccccc1. The van der Waals surface area contributed by atoms with Crippen molar-refractivity contribution >= 4 is 48.4 Å². The van der Waals surface area contributed by atoms with Crippen LogP contribution < -0.4 is 4.74 Å². The van der Waals surface area contributed by atoms with Gasteiger partial charge in [-0.2, -0.15) is 25.3 Å². The highest BCUT2D eigenvalue weighted by molar-refractivity contribution is 7.81. The van der Waals surface area contributed by atoms with Crippen LogP contribution >= 0.6 is 36.9 Å². The molecular formula is C24H24ClNO3S2. The van der Waals surface area contributed by atoms with E-state index in [0.29, 0.717) is 24.6 Å². The lowest BCUT2D eigenvalue weighted by atomic mass is 10.1. The predicted molar refractivity (Wildman–Crippen MR) is 132 cm³/mol. The fourth-order valence-corrected chi connectivity index (χ4v) is 2.92. The van der Waals surface area contributed by atoms with Crippen LogP contribution in [0.3, 0.4) is 0 Å². The number of ketones is 2. The molecule has 0 radical (unpaired) electrons. The summed E-state index contributed by atoms with van der Waals surface area (Å²) in [6, 6.07) is 21.1. The smallest absolute Gasteiger partial charge is 0.146 e. The maximum atomic E-state index is 11.5. The molecule has 0 aliphatic carbocycles. The molecule has 0 aliphatic rings. The van der Waals surface area contributed by atoms with Gasteiger partial charge in [-0.05, 0) is 23.3 Å². The number of thiol groups is 2. The predicted octanol–water partition coefficient (Wildman–Crippen LogP) is 5.08. The molecule has 0 saturated carbocycles. The van der Waals surface area contributed by atoms with E-state index in [0.717, 1.165) is 22.4 Å². The number of benzene rings is 2. The second-order valence-electron chi connectivity index (χ2n) is 6.62.